The highest BCUT2D eigenvalue weighted by Gasteiger charge is 2.08. The third-order valence-corrected chi connectivity index (χ3v) is 3.15. The van der Waals surface area contributed by atoms with Crippen molar-refractivity contribution in [2.75, 3.05) is 31.4 Å². The molecule has 2 heterocycles. The third-order valence-electron chi connectivity index (χ3n) is 3.15. The average molecular weight is 291 g/mol. The Kier molecular flexibility index (Phi) is 4.46. The fourth-order valence-electron chi connectivity index (χ4n) is 1.97. The van der Waals surface area contributed by atoms with Crippen LogP contribution in [0.2, 0.25) is 0 Å². The molecule has 114 valence electrons. The minimum absolute atomic E-state index is 0.0769. The number of hydrogen-bond acceptors (Lipinski definition) is 5. The summed E-state index contributed by atoms with van der Waals surface area (Å²) in [6.07, 6.45) is 5.35. The number of hydrogen-bond donors (Lipinski definition) is 2. The van der Waals surface area contributed by atoms with Crippen LogP contribution in [-0.2, 0) is 24.9 Å². The van der Waals surface area contributed by atoms with Crippen LogP contribution in [0.15, 0.2) is 18.6 Å². The lowest BCUT2D eigenvalue weighted by Crippen LogP contribution is -2.23. The molecule has 2 rings (SSSR count). The molecular formula is C13H21N7O. The van der Waals surface area contributed by atoms with Gasteiger partial charge in [0.2, 0.25) is 11.9 Å². The van der Waals surface area contributed by atoms with Crippen LogP contribution in [0.3, 0.4) is 0 Å². The van der Waals surface area contributed by atoms with Crippen LogP contribution in [-0.4, -0.2) is 46.4 Å². The Labute approximate surface area is 123 Å². The summed E-state index contributed by atoms with van der Waals surface area (Å²) in [6, 6.07) is 0. The van der Waals surface area contributed by atoms with Crippen molar-refractivity contribution in [1.82, 2.24) is 24.6 Å². The molecule has 0 aliphatic carbocycles. The second-order valence-corrected chi connectivity index (χ2v) is 4.96. The minimum Gasteiger partial charge on any atom is -0.377 e. The van der Waals surface area contributed by atoms with Crippen molar-refractivity contribution in [3.05, 3.63) is 24.3 Å². The van der Waals surface area contributed by atoms with Gasteiger partial charge in [-0.05, 0) is 0 Å². The molecule has 1 amide bonds. The predicted molar refractivity (Wildman–Crippen MR) is 81.2 cm³/mol. The Balaban J connectivity index is 1.96. The Morgan fingerprint density at radius 3 is 2.76 bits per heavy atom. The zero-order valence-corrected chi connectivity index (χ0v) is 12.8. The van der Waals surface area contributed by atoms with E-state index in [0.717, 1.165) is 17.3 Å². The van der Waals surface area contributed by atoms with E-state index in [1.54, 1.807) is 24.1 Å². The molecule has 0 aromatic carbocycles. The van der Waals surface area contributed by atoms with E-state index in [-0.39, 0.29) is 12.5 Å². The summed E-state index contributed by atoms with van der Waals surface area (Å²) in [4.78, 5) is 17.6. The van der Waals surface area contributed by atoms with Crippen molar-refractivity contribution < 1.29 is 4.79 Å². The van der Waals surface area contributed by atoms with Gasteiger partial charge >= 0.3 is 0 Å². The summed E-state index contributed by atoms with van der Waals surface area (Å²) in [7, 11) is 7.51. The molecule has 0 spiro atoms. The summed E-state index contributed by atoms with van der Waals surface area (Å²) in [6.45, 7) is 0.859. The quantitative estimate of drug-likeness (QED) is 0.785. The molecule has 8 heteroatoms. The summed E-state index contributed by atoms with van der Waals surface area (Å²) in [5.41, 5.74) is 1.93. The number of carbonyl (C=O) groups excluding carboxylic acids is 1. The standard InChI is InChI=1S/C13H21N7O/c1-14-12(21)9-20-8-10(5-17-20)15-6-11-7-16-13(18(2)3)19(11)4/h5,7-8,15H,6,9H2,1-4H3,(H,14,21). The Morgan fingerprint density at radius 2 is 2.14 bits per heavy atom. The maximum Gasteiger partial charge on any atom is 0.241 e. The van der Waals surface area contributed by atoms with Gasteiger partial charge in [0, 0.05) is 34.4 Å². The van der Waals surface area contributed by atoms with Gasteiger partial charge in [0.1, 0.15) is 6.54 Å². The van der Waals surface area contributed by atoms with Gasteiger partial charge < -0.3 is 20.1 Å². The van der Waals surface area contributed by atoms with Gasteiger partial charge in [-0.25, -0.2) is 4.98 Å². The molecule has 21 heavy (non-hydrogen) atoms. The Morgan fingerprint density at radius 1 is 1.38 bits per heavy atom. The molecule has 0 fully saturated rings. The topological polar surface area (TPSA) is 80.0 Å². The second-order valence-electron chi connectivity index (χ2n) is 4.96. The summed E-state index contributed by atoms with van der Waals surface area (Å²) < 4.78 is 3.62. The summed E-state index contributed by atoms with van der Waals surface area (Å²) >= 11 is 0. The van der Waals surface area contributed by atoms with Crippen LogP contribution in [0.4, 0.5) is 11.6 Å². The maximum atomic E-state index is 11.3. The zero-order valence-electron chi connectivity index (χ0n) is 12.8. The number of amides is 1. The molecule has 0 aliphatic heterocycles. The first-order valence-corrected chi connectivity index (χ1v) is 6.66. The number of aromatic nitrogens is 4. The number of rotatable bonds is 6. The van der Waals surface area contributed by atoms with Gasteiger partial charge in [0.25, 0.3) is 0 Å². The van der Waals surface area contributed by atoms with Gasteiger partial charge in [-0.3, -0.25) is 9.48 Å². The molecule has 0 bridgehead atoms. The third kappa shape index (κ3) is 3.53. The van der Waals surface area contributed by atoms with Gasteiger partial charge in [0.15, 0.2) is 0 Å². The fraction of sp³-hybridized carbons (Fsp3) is 0.462. The first-order chi connectivity index (χ1) is 10.0. The molecule has 0 saturated carbocycles. The highest BCUT2D eigenvalue weighted by molar-refractivity contribution is 5.75. The Hall–Kier alpha value is -2.51. The highest BCUT2D eigenvalue weighted by atomic mass is 16.1. The van der Waals surface area contributed by atoms with Crippen molar-refractivity contribution in [3.63, 3.8) is 0 Å². The van der Waals surface area contributed by atoms with Crippen molar-refractivity contribution in [2.24, 2.45) is 7.05 Å². The number of nitrogens with one attached hydrogen (secondary N) is 2. The molecule has 0 radical (unpaired) electrons. The SMILES string of the molecule is CNC(=O)Cn1cc(NCc2cnc(N(C)C)n2C)cn1. The van der Waals surface area contributed by atoms with E-state index in [4.69, 9.17) is 0 Å². The molecule has 2 N–H and O–H groups in total. The molecule has 2 aromatic heterocycles. The van der Waals surface area contributed by atoms with Crippen molar-refractivity contribution in [2.45, 2.75) is 13.1 Å². The lowest BCUT2D eigenvalue weighted by atomic mass is 10.4. The first-order valence-electron chi connectivity index (χ1n) is 6.66. The van der Waals surface area contributed by atoms with E-state index in [2.05, 4.69) is 20.7 Å². The van der Waals surface area contributed by atoms with Crippen molar-refractivity contribution >= 4 is 17.5 Å². The van der Waals surface area contributed by atoms with Crippen molar-refractivity contribution in [1.29, 1.82) is 0 Å². The van der Waals surface area contributed by atoms with E-state index in [1.165, 1.54) is 0 Å². The lowest BCUT2D eigenvalue weighted by Gasteiger charge is -2.12. The monoisotopic (exact) mass is 291 g/mol. The number of anilines is 2. The van der Waals surface area contributed by atoms with Gasteiger partial charge in [-0.15, -0.1) is 0 Å². The lowest BCUT2D eigenvalue weighted by molar-refractivity contribution is -0.121. The van der Waals surface area contributed by atoms with E-state index < -0.39 is 0 Å². The van der Waals surface area contributed by atoms with Crippen LogP contribution in [0.5, 0.6) is 0 Å². The van der Waals surface area contributed by atoms with E-state index >= 15 is 0 Å². The van der Waals surface area contributed by atoms with E-state index in [0.29, 0.717) is 6.54 Å². The molecular weight excluding hydrogens is 270 g/mol. The smallest absolute Gasteiger partial charge is 0.241 e. The predicted octanol–water partition coefficient (Wildman–Crippen LogP) is 0.0407. The molecule has 0 saturated heterocycles. The van der Waals surface area contributed by atoms with Crippen LogP contribution >= 0.6 is 0 Å². The maximum absolute atomic E-state index is 11.3. The van der Waals surface area contributed by atoms with Gasteiger partial charge in [-0.2, -0.15) is 5.10 Å². The average Bonchev–Trinajstić information content (AvgIpc) is 3.03. The first kappa shape index (κ1) is 14.9. The summed E-state index contributed by atoms with van der Waals surface area (Å²) in [5, 5.41) is 9.97. The van der Waals surface area contributed by atoms with Gasteiger partial charge in [-0.1, -0.05) is 0 Å². The van der Waals surface area contributed by atoms with Crippen LogP contribution in [0.1, 0.15) is 5.69 Å². The van der Waals surface area contributed by atoms with Gasteiger partial charge in [0.05, 0.1) is 30.3 Å². The minimum atomic E-state index is -0.0769. The molecule has 0 atom stereocenters. The second kappa shape index (κ2) is 6.29. The number of likely N-dealkylation sites (N-methyl/N-ethyl adjacent to an activating group) is 1. The number of nitrogens with zero attached hydrogens (tertiary/aromatic N) is 5. The fourth-order valence-corrected chi connectivity index (χ4v) is 1.97. The largest absolute Gasteiger partial charge is 0.377 e. The van der Waals surface area contributed by atoms with Crippen LogP contribution in [0, 0.1) is 0 Å². The highest BCUT2D eigenvalue weighted by Crippen LogP contribution is 2.13. The molecule has 0 aliphatic rings. The molecule has 2 aromatic rings. The summed E-state index contributed by atoms with van der Waals surface area (Å²) in [5.74, 6) is 0.828. The van der Waals surface area contributed by atoms with Crippen LogP contribution in [0.25, 0.3) is 0 Å². The van der Waals surface area contributed by atoms with Crippen molar-refractivity contribution in [3.8, 4) is 0 Å². The normalized spacial score (nSPS) is 10.5. The molecule has 8 nitrogen and oxygen atoms in total. The number of imidazole rings is 1. The van der Waals surface area contributed by atoms with E-state index in [1.807, 2.05) is 36.8 Å². The zero-order chi connectivity index (χ0) is 15.4. The van der Waals surface area contributed by atoms with E-state index in [9.17, 15) is 4.79 Å². The van der Waals surface area contributed by atoms with Crippen LogP contribution < -0.4 is 15.5 Å². The number of carbonyl (C=O) groups is 1. The molecule has 0 unspecified atom stereocenters. The Bertz CT molecular complexity index is 614.